The topological polar surface area (TPSA) is 111 Å². The Morgan fingerprint density at radius 2 is 0.936 bits per heavy atom. The molecule has 6 aromatic rings. The second-order valence-corrected chi connectivity index (χ2v) is 22.1. The molecule has 10 atom stereocenters. The molecule has 2 saturated heterocycles. The second kappa shape index (κ2) is 32.6. The van der Waals surface area contributed by atoms with Crippen LogP contribution in [-0.2, 0) is 64.3 Å². The van der Waals surface area contributed by atoms with Crippen LogP contribution in [0, 0.1) is 11.8 Å². The van der Waals surface area contributed by atoms with Crippen LogP contribution in [0.2, 0.25) is 0 Å². The maximum atomic E-state index is 13.4. The first-order valence-corrected chi connectivity index (χ1v) is 29.0. The summed E-state index contributed by atoms with van der Waals surface area (Å²) in [5.74, 6) is 1.53. The Morgan fingerprint density at radius 1 is 0.551 bits per heavy atom. The van der Waals surface area contributed by atoms with Gasteiger partial charge < -0.3 is 43.0 Å². The number of aliphatic hydroxyl groups excluding tert-OH is 1. The van der Waals surface area contributed by atoms with Crippen molar-refractivity contribution in [2.24, 2.45) is 11.8 Å². The number of fused-ring (bicyclic) bond motifs is 3. The molecule has 2 fully saturated rings. The van der Waals surface area contributed by atoms with Crippen molar-refractivity contribution in [3.63, 3.8) is 0 Å². The van der Waals surface area contributed by atoms with E-state index in [1.807, 2.05) is 153 Å². The Morgan fingerprint density at radius 3 is 1.37 bits per heavy atom. The quantitative estimate of drug-likeness (QED) is 0.0516. The van der Waals surface area contributed by atoms with Gasteiger partial charge in [0.15, 0.2) is 0 Å². The lowest BCUT2D eigenvalue weighted by atomic mass is 8.97. The van der Waals surface area contributed by atoms with Crippen LogP contribution in [0.3, 0.4) is 0 Å². The average Bonchev–Trinajstić information content (AvgIpc) is 3.94. The molecule has 2 heterocycles. The van der Waals surface area contributed by atoms with Crippen LogP contribution in [0.25, 0.3) is 11.1 Å². The normalized spacial score (nSPS) is 23.2. The van der Waals surface area contributed by atoms with Gasteiger partial charge in [-0.1, -0.05) is 198 Å². The van der Waals surface area contributed by atoms with Crippen molar-refractivity contribution in [3.8, 4) is 11.1 Å². The van der Waals surface area contributed by atoms with Gasteiger partial charge in [0.1, 0.15) is 35.8 Å². The third-order valence-electron chi connectivity index (χ3n) is 13.8. The molecule has 10 nitrogen and oxygen atoms in total. The summed E-state index contributed by atoms with van der Waals surface area (Å²) < 4.78 is 49.4. The van der Waals surface area contributed by atoms with Gasteiger partial charge in [-0.3, -0.25) is 0 Å². The summed E-state index contributed by atoms with van der Waals surface area (Å²) in [5, 5.41) is 10.8. The van der Waals surface area contributed by atoms with Crippen molar-refractivity contribution < 1.29 is 47.8 Å². The van der Waals surface area contributed by atoms with Crippen LogP contribution in [0.1, 0.15) is 67.0 Å². The SMILES string of the molecule is CCS[C@@H]1OC(COCc2ccccc2)[C@H](O)[C@H](C)C1OCc1ccccc1.CCS[C@@H]1OC(COCc2ccccc2)[C@H](OC(=O)OCC2c3ccccc3-c3ccccc32)[C@H](C)C1OCc1ccccc1.[B][B]B([B])[B]. The van der Waals surface area contributed by atoms with Gasteiger partial charge in [0.05, 0.1) is 58.0 Å². The highest BCUT2D eigenvalue weighted by atomic mass is 32.2. The van der Waals surface area contributed by atoms with Gasteiger partial charge in [0.2, 0.25) is 0 Å². The molecule has 401 valence electrons. The Balaban J connectivity index is 0.000000228. The molecule has 2 aliphatic heterocycles. The van der Waals surface area contributed by atoms with Crippen molar-refractivity contribution in [2.75, 3.05) is 31.3 Å². The predicted octanol–water partition coefficient (Wildman–Crippen LogP) is 10.6. The number of rotatable bonds is 22. The fraction of sp³-hybridized carbons (Fsp3) is 0.393. The third kappa shape index (κ3) is 17.9. The van der Waals surface area contributed by atoms with Crippen LogP contribution in [-0.4, -0.2) is 127 Å². The van der Waals surface area contributed by atoms with E-state index in [0.717, 1.165) is 44.9 Å². The first kappa shape index (κ1) is 61.0. The summed E-state index contributed by atoms with van der Waals surface area (Å²) in [6.45, 7) is 11.0. The highest BCUT2D eigenvalue weighted by molar-refractivity contribution is 8.00. The van der Waals surface area contributed by atoms with Gasteiger partial charge in [-0.05, 0) is 56.0 Å². The van der Waals surface area contributed by atoms with E-state index >= 15 is 0 Å². The van der Waals surface area contributed by atoms with Crippen molar-refractivity contribution in [1.82, 2.24) is 0 Å². The van der Waals surface area contributed by atoms with E-state index in [-0.39, 0.29) is 60.2 Å². The Labute approximate surface area is 476 Å². The number of hydrogen-bond acceptors (Lipinski definition) is 12. The number of benzene rings is 6. The summed E-state index contributed by atoms with van der Waals surface area (Å²) in [6.07, 6.45) is -3.71. The minimum absolute atomic E-state index is 0.0353. The standard InChI is InChI=1S/C38H40O6S.C23H30O4S.B5/c1-3-45-37-36(41-23-28-16-8-5-9-17-28)26(2)35(34(43-37)25-40-22-27-14-6-4-7-15-27)44-38(39)42-24-33-31-20-12-10-18-29(31)30-19-11-13-21-32(30)33;1-3-28-23-22(26-15-19-12-8-5-9-13-19)17(2)21(24)20(27-23)16-25-14-18-10-6-4-7-11-18;1-4-5(2)3/h4-21,26,33-37H,3,22-25H2,1-2H3;4-13,17,20-24H,3,14-16H2,1-2H3;/t26-,34?,35+,36?,37-;17-,20?,21+,22?,23-;/m00./s1. The lowest BCUT2D eigenvalue weighted by molar-refractivity contribution is -0.204. The number of ether oxygens (including phenoxy) is 8. The van der Waals surface area contributed by atoms with E-state index in [1.165, 1.54) is 18.2 Å². The van der Waals surface area contributed by atoms with Gasteiger partial charge in [-0.25, -0.2) is 4.79 Å². The summed E-state index contributed by atoms with van der Waals surface area (Å²) >= 11 is 3.41. The molecule has 0 spiro atoms. The maximum absolute atomic E-state index is 13.4. The zero-order chi connectivity index (χ0) is 55.1. The molecule has 17 heteroatoms. The molecule has 0 saturated carbocycles. The van der Waals surface area contributed by atoms with Crippen LogP contribution < -0.4 is 0 Å². The lowest BCUT2D eigenvalue weighted by Crippen LogP contribution is -2.56. The molecular formula is C61H70B5O10S2. The number of hydrogen-bond donors (Lipinski definition) is 1. The van der Waals surface area contributed by atoms with Crippen LogP contribution in [0.4, 0.5) is 4.79 Å². The van der Waals surface area contributed by atoms with E-state index in [2.05, 4.69) is 45.0 Å². The first-order chi connectivity index (χ1) is 38.1. The van der Waals surface area contributed by atoms with Gasteiger partial charge >= 0.3 is 6.16 Å². The van der Waals surface area contributed by atoms with Crippen molar-refractivity contribution in [1.29, 1.82) is 0 Å². The van der Waals surface area contributed by atoms with E-state index in [4.69, 9.17) is 61.1 Å². The van der Waals surface area contributed by atoms with Crippen LogP contribution in [0.5, 0.6) is 0 Å². The molecule has 78 heavy (non-hydrogen) atoms. The second-order valence-electron chi connectivity index (χ2n) is 19.4. The Hall–Kier alpha value is -4.67. The minimum Gasteiger partial charge on any atom is -0.433 e. The van der Waals surface area contributed by atoms with Crippen molar-refractivity contribution in [2.45, 2.75) is 108 Å². The molecule has 1 aliphatic carbocycles. The maximum Gasteiger partial charge on any atom is 0.508 e. The minimum atomic E-state index is -0.714. The lowest BCUT2D eigenvalue weighted by Gasteiger charge is -2.44. The zero-order valence-corrected chi connectivity index (χ0v) is 46.8. The predicted molar refractivity (Wildman–Crippen MR) is 319 cm³/mol. The van der Waals surface area contributed by atoms with E-state index < -0.39 is 30.9 Å². The molecule has 0 amide bonds. The van der Waals surface area contributed by atoms with E-state index in [9.17, 15) is 9.90 Å². The molecular weight excluding hydrogens is 1010 g/mol. The highest BCUT2D eigenvalue weighted by Gasteiger charge is 2.47. The molecule has 3 aliphatic rings. The molecule has 4 unspecified atom stereocenters. The fourth-order valence-corrected chi connectivity index (χ4v) is 11.9. The number of carbonyl (C=O) groups is 1. The summed E-state index contributed by atoms with van der Waals surface area (Å²) in [5.41, 5.74) is 8.70. The van der Waals surface area contributed by atoms with Gasteiger partial charge in [-0.2, -0.15) is 0 Å². The summed E-state index contributed by atoms with van der Waals surface area (Å²) in [6, 6.07) is 56.8. The molecule has 0 aromatic heterocycles. The molecule has 9 rings (SSSR count). The average molecular weight is 1080 g/mol. The first-order valence-electron chi connectivity index (χ1n) is 26.9. The Bertz CT molecular complexity index is 2590. The Kier molecular flexibility index (Phi) is 25.4. The molecule has 0 bridgehead atoms. The zero-order valence-electron chi connectivity index (χ0n) is 45.2. The van der Waals surface area contributed by atoms with Crippen LogP contribution >= 0.6 is 23.5 Å². The van der Waals surface area contributed by atoms with E-state index in [0.29, 0.717) is 33.0 Å². The summed E-state index contributed by atoms with van der Waals surface area (Å²) in [7, 11) is 15.8. The van der Waals surface area contributed by atoms with Crippen molar-refractivity contribution >= 4 is 66.3 Å². The molecule has 7 radical (unpaired) electrons. The number of thioether (sulfide) groups is 2. The monoisotopic (exact) mass is 1080 g/mol. The number of aliphatic hydroxyl groups is 1. The molecule has 6 aromatic carbocycles. The third-order valence-corrected chi connectivity index (χ3v) is 15.9. The van der Waals surface area contributed by atoms with Gasteiger partial charge in [0, 0.05) is 54.4 Å². The van der Waals surface area contributed by atoms with Crippen molar-refractivity contribution in [3.05, 3.63) is 203 Å². The highest BCUT2D eigenvalue weighted by Crippen LogP contribution is 2.45. The fourth-order valence-electron chi connectivity index (χ4n) is 9.73. The van der Waals surface area contributed by atoms with Crippen LogP contribution in [0.15, 0.2) is 170 Å². The van der Waals surface area contributed by atoms with Gasteiger partial charge in [-0.15, -0.1) is 23.5 Å². The largest absolute Gasteiger partial charge is 0.508 e. The van der Waals surface area contributed by atoms with E-state index in [1.54, 1.807) is 23.5 Å². The summed E-state index contributed by atoms with van der Waals surface area (Å²) in [4.78, 5) is 13.4. The molecule has 1 N–H and O–H groups in total. The smallest absolute Gasteiger partial charge is 0.433 e. The van der Waals surface area contributed by atoms with Gasteiger partial charge in [0.25, 0.3) is 0 Å². The number of carbonyl (C=O) groups excluding carboxylic acids is 1.